The fraction of sp³-hybridized carbons (Fsp3) is 0.750. The maximum Gasteiger partial charge on any atom is 0.241 e. The lowest BCUT2D eigenvalue weighted by Crippen LogP contribution is -2.37. The predicted octanol–water partition coefficient (Wildman–Crippen LogP) is 0.769. The van der Waals surface area contributed by atoms with Gasteiger partial charge in [0.25, 0.3) is 0 Å². The third-order valence-electron chi connectivity index (χ3n) is 1.60. The Kier molecular flexibility index (Phi) is 3.54. The SMILES string of the molecule is CC(C)NC(=O)CN1CCC(Cl)=N1. The molecule has 74 valence electrons. The number of hydrogen-bond acceptors (Lipinski definition) is 3. The van der Waals surface area contributed by atoms with Gasteiger partial charge in [0.1, 0.15) is 11.7 Å². The van der Waals surface area contributed by atoms with E-state index in [0.29, 0.717) is 11.7 Å². The molecule has 5 heteroatoms. The van der Waals surface area contributed by atoms with Crippen LogP contribution >= 0.6 is 11.6 Å². The Morgan fingerprint density at radius 2 is 2.46 bits per heavy atom. The lowest BCUT2D eigenvalue weighted by molar-refractivity contribution is -0.122. The summed E-state index contributed by atoms with van der Waals surface area (Å²) in [6.07, 6.45) is 0.747. The normalized spacial score (nSPS) is 16.3. The van der Waals surface area contributed by atoms with Crippen LogP contribution in [0.15, 0.2) is 5.10 Å². The molecular weight excluding hydrogens is 190 g/mol. The Hall–Kier alpha value is -0.770. The molecule has 0 aromatic rings. The van der Waals surface area contributed by atoms with Crippen molar-refractivity contribution >= 4 is 22.7 Å². The number of hydrogen-bond donors (Lipinski definition) is 1. The topological polar surface area (TPSA) is 44.7 Å². The second-order valence-electron chi connectivity index (χ2n) is 3.34. The summed E-state index contributed by atoms with van der Waals surface area (Å²) >= 11 is 5.67. The Labute approximate surface area is 82.9 Å². The van der Waals surface area contributed by atoms with Crippen molar-refractivity contribution in [2.24, 2.45) is 5.10 Å². The highest BCUT2D eigenvalue weighted by atomic mass is 35.5. The fourth-order valence-electron chi connectivity index (χ4n) is 1.12. The lowest BCUT2D eigenvalue weighted by Gasteiger charge is -2.14. The molecule has 0 atom stereocenters. The van der Waals surface area contributed by atoms with Gasteiger partial charge in [-0.2, -0.15) is 5.10 Å². The van der Waals surface area contributed by atoms with Crippen molar-refractivity contribution in [1.82, 2.24) is 10.3 Å². The Morgan fingerprint density at radius 3 is 2.92 bits per heavy atom. The first-order valence-electron chi connectivity index (χ1n) is 4.35. The van der Waals surface area contributed by atoms with Crippen LogP contribution in [0.25, 0.3) is 0 Å². The quantitative estimate of drug-likeness (QED) is 0.737. The van der Waals surface area contributed by atoms with Gasteiger partial charge in [0, 0.05) is 19.0 Å². The third kappa shape index (κ3) is 3.63. The summed E-state index contributed by atoms with van der Waals surface area (Å²) in [6.45, 7) is 4.90. The molecule has 0 saturated heterocycles. The highest BCUT2D eigenvalue weighted by Gasteiger charge is 2.15. The first-order valence-corrected chi connectivity index (χ1v) is 4.73. The second-order valence-corrected chi connectivity index (χ2v) is 3.77. The zero-order valence-corrected chi connectivity index (χ0v) is 8.64. The highest BCUT2D eigenvalue weighted by molar-refractivity contribution is 6.65. The number of hydrazone groups is 1. The molecule has 0 fully saturated rings. The Balaban J connectivity index is 2.29. The lowest BCUT2D eigenvalue weighted by atomic mass is 10.4. The number of carbonyl (C=O) groups is 1. The maximum absolute atomic E-state index is 11.3. The summed E-state index contributed by atoms with van der Waals surface area (Å²) in [5.74, 6) is -0.00915. The minimum absolute atomic E-state index is 0.00915. The van der Waals surface area contributed by atoms with E-state index < -0.39 is 0 Å². The standard InChI is InChI=1S/C8H14ClN3O/c1-6(2)10-8(13)5-12-4-3-7(9)11-12/h6H,3-5H2,1-2H3,(H,10,13). The number of nitrogens with zero attached hydrogens (tertiary/aromatic N) is 2. The average molecular weight is 204 g/mol. The van der Waals surface area contributed by atoms with Gasteiger partial charge in [0.05, 0.1) is 0 Å². The van der Waals surface area contributed by atoms with E-state index in [1.807, 2.05) is 13.8 Å². The van der Waals surface area contributed by atoms with Crippen molar-refractivity contribution in [3.8, 4) is 0 Å². The highest BCUT2D eigenvalue weighted by Crippen LogP contribution is 2.07. The average Bonchev–Trinajstić information content (AvgIpc) is 2.33. The Morgan fingerprint density at radius 1 is 1.77 bits per heavy atom. The molecule has 1 amide bonds. The monoisotopic (exact) mass is 203 g/mol. The summed E-state index contributed by atoms with van der Waals surface area (Å²) in [7, 11) is 0. The fourth-order valence-corrected chi connectivity index (χ4v) is 1.31. The summed E-state index contributed by atoms with van der Waals surface area (Å²) in [5.41, 5.74) is 0. The van der Waals surface area contributed by atoms with E-state index in [9.17, 15) is 4.79 Å². The smallest absolute Gasteiger partial charge is 0.241 e. The van der Waals surface area contributed by atoms with E-state index in [0.717, 1.165) is 13.0 Å². The van der Waals surface area contributed by atoms with Crippen molar-refractivity contribution < 1.29 is 4.79 Å². The van der Waals surface area contributed by atoms with Crippen molar-refractivity contribution in [3.63, 3.8) is 0 Å². The molecule has 1 aliphatic heterocycles. The van der Waals surface area contributed by atoms with E-state index in [-0.39, 0.29) is 11.9 Å². The van der Waals surface area contributed by atoms with Gasteiger partial charge in [0.2, 0.25) is 5.91 Å². The molecule has 1 N–H and O–H groups in total. The first-order chi connectivity index (χ1) is 6.08. The van der Waals surface area contributed by atoms with Crippen LogP contribution in [0.2, 0.25) is 0 Å². The molecule has 0 aromatic carbocycles. The van der Waals surface area contributed by atoms with Gasteiger partial charge in [-0.3, -0.25) is 9.80 Å². The van der Waals surface area contributed by atoms with E-state index >= 15 is 0 Å². The summed E-state index contributed by atoms with van der Waals surface area (Å²) in [4.78, 5) is 11.3. The van der Waals surface area contributed by atoms with Crippen LogP contribution < -0.4 is 5.32 Å². The van der Waals surface area contributed by atoms with Gasteiger partial charge >= 0.3 is 0 Å². The number of halogens is 1. The molecule has 0 saturated carbocycles. The van der Waals surface area contributed by atoms with Crippen LogP contribution in [0, 0.1) is 0 Å². The molecule has 0 bridgehead atoms. The molecule has 0 unspecified atom stereocenters. The molecule has 4 nitrogen and oxygen atoms in total. The molecule has 0 aromatic heterocycles. The van der Waals surface area contributed by atoms with E-state index in [4.69, 9.17) is 11.6 Å². The zero-order chi connectivity index (χ0) is 9.84. The molecule has 1 aliphatic rings. The summed E-state index contributed by atoms with van der Waals surface area (Å²) in [6, 6.07) is 0.176. The number of rotatable bonds is 3. The summed E-state index contributed by atoms with van der Waals surface area (Å²) in [5, 5.41) is 9.04. The van der Waals surface area contributed by atoms with Crippen LogP contribution in [-0.4, -0.2) is 35.2 Å². The van der Waals surface area contributed by atoms with Crippen LogP contribution in [-0.2, 0) is 4.79 Å². The molecule has 0 radical (unpaired) electrons. The van der Waals surface area contributed by atoms with Gasteiger partial charge < -0.3 is 5.32 Å². The van der Waals surface area contributed by atoms with Crippen molar-refractivity contribution in [1.29, 1.82) is 0 Å². The maximum atomic E-state index is 11.3. The Bertz CT molecular complexity index is 227. The van der Waals surface area contributed by atoms with Crippen LogP contribution in [0.4, 0.5) is 0 Å². The van der Waals surface area contributed by atoms with Crippen molar-refractivity contribution in [3.05, 3.63) is 0 Å². The van der Waals surface area contributed by atoms with Crippen molar-refractivity contribution in [2.75, 3.05) is 13.1 Å². The first kappa shape index (κ1) is 10.3. The van der Waals surface area contributed by atoms with Crippen LogP contribution in [0.1, 0.15) is 20.3 Å². The van der Waals surface area contributed by atoms with Gasteiger partial charge in [-0.25, -0.2) is 0 Å². The van der Waals surface area contributed by atoms with Gasteiger partial charge in [-0.05, 0) is 13.8 Å². The minimum Gasteiger partial charge on any atom is -0.352 e. The van der Waals surface area contributed by atoms with Crippen molar-refractivity contribution in [2.45, 2.75) is 26.3 Å². The summed E-state index contributed by atoms with van der Waals surface area (Å²) < 4.78 is 0. The van der Waals surface area contributed by atoms with Gasteiger partial charge in [-0.1, -0.05) is 11.6 Å². The zero-order valence-electron chi connectivity index (χ0n) is 7.88. The largest absolute Gasteiger partial charge is 0.352 e. The van der Waals surface area contributed by atoms with E-state index in [2.05, 4.69) is 10.4 Å². The second kappa shape index (κ2) is 4.46. The molecule has 1 heterocycles. The van der Waals surface area contributed by atoms with E-state index in [1.165, 1.54) is 0 Å². The molecule has 1 rings (SSSR count). The molecular formula is C8H14ClN3O. The predicted molar refractivity (Wildman–Crippen MR) is 52.8 cm³/mol. The molecule has 0 spiro atoms. The van der Waals surface area contributed by atoms with Crippen LogP contribution in [0.3, 0.4) is 0 Å². The third-order valence-corrected chi connectivity index (χ3v) is 1.87. The minimum atomic E-state index is -0.00915. The van der Waals surface area contributed by atoms with E-state index in [1.54, 1.807) is 5.01 Å². The van der Waals surface area contributed by atoms with Gasteiger partial charge in [-0.15, -0.1) is 0 Å². The molecule has 13 heavy (non-hydrogen) atoms. The number of nitrogens with one attached hydrogen (secondary N) is 1. The van der Waals surface area contributed by atoms with Crippen LogP contribution in [0.5, 0.6) is 0 Å². The number of amides is 1. The van der Waals surface area contributed by atoms with Gasteiger partial charge in [0.15, 0.2) is 0 Å². The number of carbonyl (C=O) groups excluding carboxylic acids is 1. The molecule has 0 aliphatic carbocycles.